The first-order chi connectivity index (χ1) is 13.1. The summed E-state index contributed by atoms with van der Waals surface area (Å²) >= 11 is 0. The minimum absolute atomic E-state index is 0.103. The summed E-state index contributed by atoms with van der Waals surface area (Å²) < 4.78 is 43.9. The van der Waals surface area contributed by atoms with Crippen LogP contribution in [0.2, 0.25) is 0 Å². The zero-order valence-corrected chi connectivity index (χ0v) is 16.3. The SMILES string of the molecule is COC(=O)c1ccc(F)c(NC(=O)c2ccc3c(c2)CC(C)N3S(C)(=O)=O)c1. The van der Waals surface area contributed by atoms with E-state index in [9.17, 15) is 22.4 Å². The van der Waals surface area contributed by atoms with Crippen LogP contribution in [0.4, 0.5) is 15.8 Å². The molecule has 1 N–H and O–H groups in total. The lowest BCUT2D eigenvalue weighted by atomic mass is 10.1. The fourth-order valence-corrected chi connectivity index (χ4v) is 4.57. The third kappa shape index (κ3) is 3.70. The Balaban J connectivity index is 1.88. The van der Waals surface area contributed by atoms with Gasteiger partial charge in [0.25, 0.3) is 5.91 Å². The second-order valence-electron chi connectivity index (χ2n) is 6.60. The number of rotatable bonds is 4. The Labute approximate surface area is 162 Å². The molecule has 1 unspecified atom stereocenters. The van der Waals surface area contributed by atoms with Crippen molar-refractivity contribution < 1.29 is 27.1 Å². The Hall–Kier alpha value is -2.94. The number of amides is 1. The van der Waals surface area contributed by atoms with E-state index in [-0.39, 0.29) is 22.9 Å². The summed E-state index contributed by atoms with van der Waals surface area (Å²) in [6, 6.07) is 7.90. The molecular weight excluding hydrogens is 387 g/mol. The monoisotopic (exact) mass is 406 g/mol. The minimum atomic E-state index is -3.43. The summed E-state index contributed by atoms with van der Waals surface area (Å²) in [5, 5.41) is 2.44. The number of carbonyl (C=O) groups excluding carboxylic acids is 2. The van der Waals surface area contributed by atoms with E-state index in [1.165, 1.54) is 29.6 Å². The Bertz CT molecular complexity index is 1070. The molecule has 1 atom stereocenters. The number of nitrogens with one attached hydrogen (secondary N) is 1. The van der Waals surface area contributed by atoms with Gasteiger partial charge in [-0.05, 0) is 55.3 Å². The molecule has 0 fully saturated rings. The van der Waals surface area contributed by atoms with E-state index in [0.29, 0.717) is 17.7 Å². The largest absolute Gasteiger partial charge is 0.465 e. The van der Waals surface area contributed by atoms with Gasteiger partial charge in [0.05, 0.1) is 30.3 Å². The number of benzene rings is 2. The molecule has 28 heavy (non-hydrogen) atoms. The molecule has 0 aromatic heterocycles. The molecule has 0 bridgehead atoms. The van der Waals surface area contributed by atoms with E-state index >= 15 is 0 Å². The molecule has 0 aliphatic carbocycles. The van der Waals surface area contributed by atoms with Gasteiger partial charge in [0.1, 0.15) is 5.82 Å². The van der Waals surface area contributed by atoms with Crippen LogP contribution in [-0.2, 0) is 21.2 Å². The van der Waals surface area contributed by atoms with Crippen LogP contribution >= 0.6 is 0 Å². The van der Waals surface area contributed by atoms with Crippen LogP contribution in [0.25, 0.3) is 0 Å². The van der Waals surface area contributed by atoms with E-state index in [1.807, 2.05) is 0 Å². The second kappa shape index (κ2) is 7.23. The van der Waals surface area contributed by atoms with Crippen molar-refractivity contribution in [2.24, 2.45) is 0 Å². The molecular formula is C19H19FN2O5S. The summed E-state index contributed by atoms with van der Waals surface area (Å²) in [7, 11) is -2.22. The van der Waals surface area contributed by atoms with E-state index < -0.39 is 27.7 Å². The number of nitrogens with zero attached hydrogens (tertiary/aromatic N) is 1. The standard InChI is InChI=1S/C19H19FN2O5S/c1-11-8-14-9-12(5-7-17(14)22(11)28(3,25)26)18(23)21-16-10-13(19(24)27-2)4-6-15(16)20/h4-7,9-11H,8H2,1-3H3,(H,21,23). The molecule has 1 aliphatic heterocycles. The Morgan fingerprint density at radius 1 is 1.18 bits per heavy atom. The Morgan fingerprint density at radius 3 is 2.50 bits per heavy atom. The molecule has 0 spiro atoms. The van der Waals surface area contributed by atoms with Crippen LogP contribution in [-0.4, -0.2) is 39.7 Å². The van der Waals surface area contributed by atoms with Crippen molar-refractivity contribution in [2.45, 2.75) is 19.4 Å². The van der Waals surface area contributed by atoms with Gasteiger partial charge in [-0.2, -0.15) is 0 Å². The van der Waals surface area contributed by atoms with Crippen LogP contribution in [0.15, 0.2) is 36.4 Å². The third-order valence-electron chi connectivity index (χ3n) is 4.49. The van der Waals surface area contributed by atoms with Crippen LogP contribution in [0, 0.1) is 5.82 Å². The second-order valence-corrected chi connectivity index (χ2v) is 8.46. The number of carbonyl (C=O) groups is 2. The van der Waals surface area contributed by atoms with Crippen LogP contribution in [0.1, 0.15) is 33.2 Å². The van der Waals surface area contributed by atoms with Crippen molar-refractivity contribution in [1.29, 1.82) is 0 Å². The fraction of sp³-hybridized carbons (Fsp3) is 0.263. The summed E-state index contributed by atoms with van der Waals surface area (Å²) in [6.45, 7) is 1.79. The highest BCUT2D eigenvalue weighted by molar-refractivity contribution is 7.92. The first-order valence-electron chi connectivity index (χ1n) is 8.43. The molecule has 1 heterocycles. The van der Waals surface area contributed by atoms with Gasteiger partial charge in [-0.3, -0.25) is 9.10 Å². The highest BCUT2D eigenvalue weighted by atomic mass is 32.2. The molecule has 2 aromatic carbocycles. The van der Waals surface area contributed by atoms with Crippen LogP contribution < -0.4 is 9.62 Å². The number of esters is 1. The number of halogens is 1. The van der Waals surface area contributed by atoms with E-state index in [1.54, 1.807) is 19.1 Å². The van der Waals surface area contributed by atoms with Gasteiger partial charge < -0.3 is 10.1 Å². The van der Waals surface area contributed by atoms with Gasteiger partial charge in [0, 0.05) is 11.6 Å². The molecule has 2 aromatic rings. The normalized spacial score (nSPS) is 15.9. The predicted molar refractivity (Wildman–Crippen MR) is 103 cm³/mol. The first kappa shape index (κ1) is 19.8. The Morgan fingerprint density at radius 2 is 1.86 bits per heavy atom. The topological polar surface area (TPSA) is 92.8 Å². The lowest BCUT2D eigenvalue weighted by Crippen LogP contribution is -2.34. The van der Waals surface area contributed by atoms with E-state index in [0.717, 1.165) is 12.3 Å². The summed E-state index contributed by atoms with van der Waals surface area (Å²) in [5.74, 6) is -1.92. The molecule has 0 radical (unpaired) electrons. The maximum Gasteiger partial charge on any atom is 0.337 e. The van der Waals surface area contributed by atoms with Gasteiger partial charge >= 0.3 is 5.97 Å². The predicted octanol–water partition coefficient (Wildman–Crippen LogP) is 2.58. The molecule has 7 nitrogen and oxygen atoms in total. The molecule has 9 heteroatoms. The van der Waals surface area contributed by atoms with Gasteiger partial charge in [0.2, 0.25) is 10.0 Å². The Kier molecular flexibility index (Phi) is 5.12. The molecule has 3 rings (SSSR count). The highest BCUT2D eigenvalue weighted by Crippen LogP contribution is 2.34. The van der Waals surface area contributed by atoms with E-state index in [4.69, 9.17) is 0 Å². The summed E-state index contributed by atoms with van der Waals surface area (Å²) in [5.41, 5.74) is 1.45. The summed E-state index contributed by atoms with van der Waals surface area (Å²) in [4.78, 5) is 24.1. The average Bonchev–Trinajstić information content (AvgIpc) is 2.97. The number of hydrogen-bond donors (Lipinski definition) is 1. The van der Waals surface area contributed by atoms with Crippen molar-refractivity contribution in [3.8, 4) is 0 Å². The van der Waals surface area contributed by atoms with Crippen molar-refractivity contribution in [1.82, 2.24) is 0 Å². The highest BCUT2D eigenvalue weighted by Gasteiger charge is 2.32. The maximum absolute atomic E-state index is 14.0. The number of anilines is 2. The molecule has 148 valence electrons. The number of hydrogen-bond acceptors (Lipinski definition) is 5. The molecule has 1 aliphatic rings. The first-order valence-corrected chi connectivity index (χ1v) is 10.3. The van der Waals surface area contributed by atoms with Crippen LogP contribution in [0.5, 0.6) is 0 Å². The van der Waals surface area contributed by atoms with Crippen LogP contribution in [0.3, 0.4) is 0 Å². The molecule has 1 amide bonds. The number of fused-ring (bicyclic) bond motifs is 1. The van der Waals surface area contributed by atoms with Gasteiger partial charge in [0.15, 0.2) is 0 Å². The van der Waals surface area contributed by atoms with Crippen molar-refractivity contribution in [3.63, 3.8) is 0 Å². The minimum Gasteiger partial charge on any atom is -0.465 e. The van der Waals surface area contributed by atoms with E-state index in [2.05, 4.69) is 10.1 Å². The quantitative estimate of drug-likeness (QED) is 0.788. The van der Waals surface area contributed by atoms with Gasteiger partial charge in [-0.15, -0.1) is 0 Å². The zero-order chi connectivity index (χ0) is 20.6. The molecule has 0 saturated heterocycles. The summed E-state index contributed by atoms with van der Waals surface area (Å²) in [6.07, 6.45) is 1.60. The van der Waals surface area contributed by atoms with Crippen molar-refractivity contribution in [2.75, 3.05) is 23.0 Å². The lowest BCUT2D eigenvalue weighted by Gasteiger charge is -2.21. The van der Waals surface area contributed by atoms with Gasteiger partial charge in [-0.25, -0.2) is 17.6 Å². The zero-order valence-electron chi connectivity index (χ0n) is 15.5. The maximum atomic E-state index is 14.0. The third-order valence-corrected chi connectivity index (χ3v) is 5.76. The lowest BCUT2D eigenvalue weighted by molar-refractivity contribution is 0.0600. The average molecular weight is 406 g/mol. The number of methoxy groups -OCH3 is 1. The van der Waals surface area contributed by atoms with Gasteiger partial charge in [-0.1, -0.05) is 0 Å². The number of sulfonamides is 1. The fourth-order valence-electron chi connectivity index (χ4n) is 3.31. The number of ether oxygens (including phenoxy) is 1. The van der Waals surface area contributed by atoms with Crippen molar-refractivity contribution in [3.05, 3.63) is 58.9 Å². The van der Waals surface area contributed by atoms with Crippen molar-refractivity contribution >= 4 is 33.3 Å². The smallest absolute Gasteiger partial charge is 0.337 e. The molecule has 0 saturated carbocycles.